The number of hydrogen-bond acceptors (Lipinski definition) is 4. The first-order valence-corrected chi connectivity index (χ1v) is 10.2. The summed E-state index contributed by atoms with van der Waals surface area (Å²) in [4.78, 5) is 26.3. The van der Waals surface area contributed by atoms with Crippen LogP contribution in [-0.4, -0.2) is 45.3 Å². The number of carbonyl (C=O) groups excluding carboxylic acids is 2. The first-order chi connectivity index (χ1) is 13.2. The molecule has 0 bridgehead atoms. The number of nitrogens with zero attached hydrogens (tertiary/aromatic N) is 1. The average Bonchev–Trinajstić information content (AvgIpc) is 2.69. The lowest BCUT2D eigenvalue weighted by Gasteiger charge is -2.19. The fraction of sp³-hybridized carbons (Fsp3) is 0.263. The first kappa shape index (κ1) is 21.5. The average molecular weight is 407 g/mol. The van der Waals surface area contributed by atoms with Gasteiger partial charge in [0.2, 0.25) is 10.0 Å². The second kappa shape index (κ2) is 8.94. The quantitative estimate of drug-likeness (QED) is 0.737. The molecule has 2 amide bonds. The van der Waals surface area contributed by atoms with Crippen molar-refractivity contribution in [2.75, 3.05) is 25.5 Å². The maximum atomic E-state index is 14.1. The second-order valence-corrected chi connectivity index (χ2v) is 7.75. The van der Waals surface area contributed by atoms with Crippen molar-refractivity contribution >= 4 is 27.5 Å². The molecule has 2 rings (SSSR count). The molecule has 0 saturated carbocycles. The molecule has 2 N–H and O–H groups in total. The number of halogens is 1. The highest BCUT2D eigenvalue weighted by Gasteiger charge is 2.19. The van der Waals surface area contributed by atoms with E-state index >= 15 is 0 Å². The van der Waals surface area contributed by atoms with Gasteiger partial charge in [0.1, 0.15) is 5.82 Å². The Kier molecular flexibility index (Phi) is 6.87. The van der Waals surface area contributed by atoms with E-state index in [0.29, 0.717) is 24.3 Å². The van der Waals surface area contributed by atoms with Crippen LogP contribution in [0.3, 0.4) is 0 Å². The third-order valence-corrected chi connectivity index (χ3v) is 5.59. The van der Waals surface area contributed by atoms with E-state index in [4.69, 9.17) is 0 Å². The molecule has 7 nitrogen and oxygen atoms in total. The van der Waals surface area contributed by atoms with Crippen molar-refractivity contribution in [1.29, 1.82) is 0 Å². The van der Waals surface area contributed by atoms with Crippen molar-refractivity contribution in [1.82, 2.24) is 9.62 Å². The van der Waals surface area contributed by atoms with Crippen LogP contribution in [0.1, 0.15) is 34.6 Å². The highest BCUT2D eigenvalue weighted by molar-refractivity contribution is 7.89. The van der Waals surface area contributed by atoms with Gasteiger partial charge >= 0.3 is 0 Å². The highest BCUT2D eigenvalue weighted by Crippen LogP contribution is 2.18. The number of anilines is 1. The third kappa shape index (κ3) is 4.73. The smallest absolute Gasteiger partial charge is 0.258 e. The van der Waals surface area contributed by atoms with Crippen molar-refractivity contribution in [3.63, 3.8) is 0 Å². The van der Waals surface area contributed by atoms with Crippen molar-refractivity contribution in [2.24, 2.45) is 0 Å². The number of carbonyl (C=O) groups is 2. The monoisotopic (exact) mass is 407 g/mol. The van der Waals surface area contributed by atoms with E-state index in [-0.39, 0.29) is 10.8 Å². The Labute approximate surface area is 163 Å². The fourth-order valence-electron chi connectivity index (χ4n) is 2.59. The van der Waals surface area contributed by atoms with Crippen molar-refractivity contribution < 1.29 is 22.4 Å². The van der Waals surface area contributed by atoms with Crippen LogP contribution in [0.4, 0.5) is 10.1 Å². The van der Waals surface area contributed by atoms with E-state index in [0.717, 1.165) is 18.2 Å². The minimum Gasteiger partial charge on any atom is -0.339 e. The lowest BCUT2D eigenvalue weighted by molar-refractivity contribution is 0.0772. The molecular weight excluding hydrogens is 385 g/mol. The molecule has 0 heterocycles. The summed E-state index contributed by atoms with van der Waals surface area (Å²) in [6, 6.07) is 9.22. The summed E-state index contributed by atoms with van der Waals surface area (Å²) in [6.07, 6.45) is 0. The molecule has 0 aromatic heterocycles. The summed E-state index contributed by atoms with van der Waals surface area (Å²) in [5, 5.41) is 2.50. The summed E-state index contributed by atoms with van der Waals surface area (Å²) in [7, 11) is -2.60. The van der Waals surface area contributed by atoms with Crippen LogP contribution in [0.15, 0.2) is 47.4 Å². The van der Waals surface area contributed by atoms with E-state index in [9.17, 15) is 22.4 Å². The summed E-state index contributed by atoms with van der Waals surface area (Å²) in [5.41, 5.74) is 0.259. The van der Waals surface area contributed by atoms with Gasteiger partial charge in [-0.05, 0) is 57.3 Å². The maximum absolute atomic E-state index is 14.1. The predicted molar refractivity (Wildman–Crippen MR) is 104 cm³/mol. The molecule has 0 atom stereocenters. The standard InChI is InChI=1S/C19H22FN3O4S/c1-4-23(5-2)19(25)13-7-6-8-14(11-13)22-18(24)16-12-15(9-10-17(16)20)28(26,27)21-3/h6-12,21H,4-5H2,1-3H3,(H,22,24). The molecule has 28 heavy (non-hydrogen) atoms. The van der Waals surface area contributed by atoms with Crippen LogP contribution in [0.2, 0.25) is 0 Å². The maximum Gasteiger partial charge on any atom is 0.258 e. The predicted octanol–water partition coefficient (Wildman–Crippen LogP) is 2.47. The minimum absolute atomic E-state index is 0.186. The molecular formula is C19H22FN3O4S. The van der Waals surface area contributed by atoms with E-state index < -0.39 is 27.3 Å². The van der Waals surface area contributed by atoms with Crippen LogP contribution < -0.4 is 10.0 Å². The Bertz CT molecular complexity index is 988. The Hall–Kier alpha value is -2.78. The molecule has 0 fully saturated rings. The van der Waals surface area contributed by atoms with Crippen LogP contribution in [0.25, 0.3) is 0 Å². The molecule has 9 heteroatoms. The Morgan fingerprint density at radius 2 is 1.75 bits per heavy atom. The Morgan fingerprint density at radius 3 is 2.36 bits per heavy atom. The fourth-order valence-corrected chi connectivity index (χ4v) is 3.34. The zero-order valence-electron chi connectivity index (χ0n) is 15.8. The normalized spacial score (nSPS) is 11.1. The van der Waals surface area contributed by atoms with Gasteiger partial charge in [-0.2, -0.15) is 0 Å². The van der Waals surface area contributed by atoms with Gasteiger partial charge < -0.3 is 10.2 Å². The zero-order chi connectivity index (χ0) is 20.9. The molecule has 2 aromatic carbocycles. The van der Waals surface area contributed by atoms with Crippen molar-refractivity contribution in [3.05, 3.63) is 59.4 Å². The number of sulfonamides is 1. The van der Waals surface area contributed by atoms with Gasteiger partial charge in [0.15, 0.2) is 0 Å². The van der Waals surface area contributed by atoms with Crippen molar-refractivity contribution in [2.45, 2.75) is 18.7 Å². The number of amides is 2. The number of rotatable bonds is 7. The van der Waals surface area contributed by atoms with Crippen LogP contribution in [0.5, 0.6) is 0 Å². The SMILES string of the molecule is CCN(CC)C(=O)c1cccc(NC(=O)c2cc(S(=O)(=O)NC)ccc2F)c1. The number of hydrogen-bond donors (Lipinski definition) is 2. The van der Waals surface area contributed by atoms with Crippen molar-refractivity contribution in [3.8, 4) is 0 Å². The number of benzene rings is 2. The molecule has 0 aliphatic rings. The Morgan fingerprint density at radius 1 is 1.07 bits per heavy atom. The van der Waals surface area contributed by atoms with Gasteiger partial charge in [-0.1, -0.05) is 6.07 Å². The second-order valence-electron chi connectivity index (χ2n) is 5.86. The van der Waals surface area contributed by atoms with Crippen LogP contribution >= 0.6 is 0 Å². The summed E-state index contributed by atoms with van der Waals surface area (Å²) < 4.78 is 40.0. The van der Waals surface area contributed by atoms with Crippen LogP contribution in [-0.2, 0) is 10.0 Å². The van der Waals surface area contributed by atoms with E-state index in [1.54, 1.807) is 23.1 Å². The highest BCUT2D eigenvalue weighted by atomic mass is 32.2. The number of nitrogens with one attached hydrogen (secondary N) is 2. The van der Waals surface area contributed by atoms with Gasteiger partial charge in [-0.3, -0.25) is 9.59 Å². The summed E-state index contributed by atoms with van der Waals surface area (Å²) in [5.74, 6) is -1.87. The largest absolute Gasteiger partial charge is 0.339 e. The van der Waals surface area contributed by atoms with Crippen LogP contribution in [0, 0.1) is 5.82 Å². The molecule has 0 aliphatic carbocycles. The molecule has 0 unspecified atom stereocenters. The molecule has 0 radical (unpaired) electrons. The van der Waals surface area contributed by atoms with Gasteiger partial charge in [0.25, 0.3) is 11.8 Å². The lowest BCUT2D eigenvalue weighted by atomic mass is 10.1. The van der Waals surface area contributed by atoms with E-state index in [1.165, 1.54) is 13.1 Å². The molecule has 0 spiro atoms. The van der Waals surface area contributed by atoms with Gasteiger partial charge in [-0.15, -0.1) is 0 Å². The summed E-state index contributed by atoms with van der Waals surface area (Å²) >= 11 is 0. The zero-order valence-corrected chi connectivity index (χ0v) is 16.6. The van der Waals surface area contributed by atoms with E-state index in [2.05, 4.69) is 10.0 Å². The molecule has 2 aromatic rings. The first-order valence-electron chi connectivity index (χ1n) is 8.67. The van der Waals surface area contributed by atoms with E-state index in [1.807, 2.05) is 13.8 Å². The Balaban J connectivity index is 2.30. The van der Waals surface area contributed by atoms with Gasteiger partial charge in [0, 0.05) is 24.3 Å². The third-order valence-electron chi connectivity index (χ3n) is 4.18. The molecule has 0 aliphatic heterocycles. The molecule has 0 saturated heterocycles. The van der Waals surface area contributed by atoms with Gasteiger partial charge in [-0.25, -0.2) is 17.5 Å². The molecule has 150 valence electrons. The summed E-state index contributed by atoms with van der Waals surface area (Å²) in [6.45, 7) is 4.82. The minimum atomic E-state index is -3.82. The topological polar surface area (TPSA) is 95.6 Å². The van der Waals surface area contributed by atoms with Gasteiger partial charge in [0.05, 0.1) is 10.5 Å². The lowest BCUT2D eigenvalue weighted by Crippen LogP contribution is -2.30.